The van der Waals surface area contributed by atoms with Gasteiger partial charge in [0.05, 0.1) is 13.2 Å². The zero-order valence-corrected chi connectivity index (χ0v) is 8.30. The molecule has 1 aliphatic rings. The largest absolute Gasteiger partial charge is 0.475 e. The Hall–Kier alpha value is -1.33. The van der Waals surface area contributed by atoms with Crippen LogP contribution >= 0.6 is 0 Å². The molecule has 5 heteroatoms. The van der Waals surface area contributed by atoms with Crippen LogP contribution in [-0.4, -0.2) is 30.4 Å². The molecule has 0 amide bonds. The van der Waals surface area contributed by atoms with Crippen molar-refractivity contribution in [2.24, 2.45) is 0 Å². The highest BCUT2D eigenvalue weighted by molar-refractivity contribution is 5.84. The van der Waals surface area contributed by atoms with Gasteiger partial charge in [0, 0.05) is 0 Å². The van der Waals surface area contributed by atoms with E-state index in [-0.39, 0.29) is 18.0 Å². The van der Waals surface area contributed by atoms with Crippen molar-refractivity contribution in [3.63, 3.8) is 0 Å². The Kier molecular flexibility index (Phi) is 2.75. The maximum absolute atomic E-state index is 10.6. The molecule has 1 fully saturated rings. The van der Waals surface area contributed by atoms with Crippen molar-refractivity contribution < 1.29 is 23.8 Å². The smallest absolute Gasteiger partial charge is 0.371 e. The summed E-state index contributed by atoms with van der Waals surface area (Å²) in [7, 11) is 0. The van der Waals surface area contributed by atoms with Gasteiger partial charge < -0.3 is 19.0 Å². The van der Waals surface area contributed by atoms with Crippen LogP contribution in [0.15, 0.2) is 16.5 Å². The molecule has 0 bridgehead atoms. The summed E-state index contributed by atoms with van der Waals surface area (Å²) >= 11 is 0. The van der Waals surface area contributed by atoms with Crippen molar-refractivity contribution in [2.45, 2.75) is 19.1 Å². The molecule has 1 aromatic heterocycles. The Morgan fingerprint density at radius 2 is 2.33 bits per heavy atom. The van der Waals surface area contributed by atoms with Crippen LogP contribution in [0.1, 0.15) is 29.3 Å². The van der Waals surface area contributed by atoms with E-state index in [0.29, 0.717) is 19.0 Å². The van der Waals surface area contributed by atoms with Crippen LogP contribution in [0.4, 0.5) is 0 Å². The van der Waals surface area contributed by atoms with Gasteiger partial charge in [0.2, 0.25) is 5.76 Å². The summed E-state index contributed by atoms with van der Waals surface area (Å²) in [5.41, 5.74) is 0. The number of rotatable bonds is 4. The summed E-state index contributed by atoms with van der Waals surface area (Å²) in [6, 6.07) is 3.04. The topological polar surface area (TPSA) is 68.9 Å². The van der Waals surface area contributed by atoms with Gasteiger partial charge >= 0.3 is 5.97 Å². The van der Waals surface area contributed by atoms with Crippen molar-refractivity contribution in [2.75, 3.05) is 13.2 Å². The second kappa shape index (κ2) is 4.04. The monoisotopic (exact) mass is 212 g/mol. The number of hydrogen-bond acceptors (Lipinski definition) is 4. The maximum Gasteiger partial charge on any atom is 0.371 e. The third kappa shape index (κ3) is 2.19. The van der Waals surface area contributed by atoms with E-state index in [4.69, 9.17) is 19.0 Å². The van der Waals surface area contributed by atoms with E-state index in [1.54, 1.807) is 6.07 Å². The highest BCUT2D eigenvalue weighted by atomic mass is 16.6. The van der Waals surface area contributed by atoms with Gasteiger partial charge in [-0.05, 0) is 19.1 Å². The molecule has 1 aliphatic heterocycles. The number of carbonyl (C=O) groups is 1. The van der Waals surface area contributed by atoms with Gasteiger partial charge in [-0.1, -0.05) is 0 Å². The molecule has 1 saturated heterocycles. The molecule has 5 nitrogen and oxygen atoms in total. The van der Waals surface area contributed by atoms with E-state index < -0.39 is 5.97 Å². The lowest BCUT2D eigenvalue weighted by Gasteiger charge is -2.28. The minimum Gasteiger partial charge on any atom is -0.475 e. The Labute approximate surface area is 86.6 Å². The van der Waals surface area contributed by atoms with E-state index in [2.05, 4.69) is 0 Å². The molecule has 0 aromatic carbocycles. The average Bonchev–Trinajstić information content (AvgIpc) is 2.59. The van der Waals surface area contributed by atoms with Gasteiger partial charge in [-0.15, -0.1) is 0 Å². The third-order valence-electron chi connectivity index (χ3n) is 2.24. The Morgan fingerprint density at radius 3 is 2.80 bits per heavy atom. The number of ether oxygens (including phenoxy) is 2. The molecule has 1 atom stereocenters. The van der Waals surface area contributed by atoms with Crippen LogP contribution < -0.4 is 0 Å². The summed E-state index contributed by atoms with van der Waals surface area (Å²) in [5, 5.41) is 8.66. The van der Waals surface area contributed by atoms with Crippen LogP contribution in [0.2, 0.25) is 0 Å². The molecule has 0 saturated carbocycles. The highest BCUT2D eigenvalue weighted by Gasteiger charge is 2.24. The number of aromatic carboxylic acids is 1. The van der Waals surface area contributed by atoms with Crippen LogP contribution in [0.3, 0.4) is 0 Å². The number of hydrogen-bond donors (Lipinski definition) is 1. The fourth-order valence-corrected chi connectivity index (χ4v) is 1.33. The maximum atomic E-state index is 10.6. The van der Waals surface area contributed by atoms with Crippen molar-refractivity contribution in [1.29, 1.82) is 0 Å². The van der Waals surface area contributed by atoms with Crippen LogP contribution in [0, 0.1) is 0 Å². The molecule has 0 aliphatic carbocycles. The SMILES string of the molecule is CC(OC1COC1)c1ccc(C(=O)O)o1. The van der Waals surface area contributed by atoms with Crippen molar-refractivity contribution in [1.82, 2.24) is 0 Å². The zero-order valence-electron chi connectivity index (χ0n) is 8.30. The summed E-state index contributed by atoms with van der Waals surface area (Å²) in [5.74, 6) is -0.606. The van der Waals surface area contributed by atoms with Crippen LogP contribution in [0.25, 0.3) is 0 Å². The van der Waals surface area contributed by atoms with Gasteiger partial charge in [-0.3, -0.25) is 0 Å². The Bertz CT molecular complexity index is 352. The quantitative estimate of drug-likeness (QED) is 0.818. The molecule has 82 valence electrons. The summed E-state index contributed by atoms with van der Waals surface area (Å²) in [6.07, 6.45) is -0.148. The van der Waals surface area contributed by atoms with Gasteiger partial charge in [-0.25, -0.2) is 4.79 Å². The van der Waals surface area contributed by atoms with E-state index in [9.17, 15) is 4.79 Å². The predicted molar refractivity (Wildman–Crippen MR) is 49.8 cm³/mol. The molecule has 1 aromatic rings. The second-order valence-corrected chi connectivity index (χ2v) is 3.44. The minimum atomic E-state index is -1.07. The van der Waals surface area contributed by atoms with E-state index in [1.807, 2.05) is 6.92 Å². The first-order valence-corrected chi connectivity index (χ1v) is 4.73. The molecular weight excluding hydrogens is 200 g/mol. The van der Waals surface area contributed by atoms with E-state index in [1.165, 1.54) is 6.07 Å². The molecule has 2 rings (SSSR count). The Balaban J connectivity index is 1.97. The zero-order chi connectivity index (χ0) is 10.8. The second-order valence-electron chi connectivity index (χ2n) is 3.44. The lowest BCUT2D eigenvalue weighted by Crippen LogP contribution is -2.36. The lowest BCUT2D eigenvalue weighted by atomic mass is 10.2. The standard InChI is InChI=1S/C10H12O5/c1-6(14-7-4-13-5-7)8-2-3-9(15-8)10(11)12/h2-3,6-7H,4-5H2,1H3,(H,11,12). The number of carboxylic acid groups (broad SMARTS) is 1. The van der Waals surface area contributed by atoms with Crippen molar-refractivity contribution >= 4 is 5.97 Å². The normalized spacial score (nSPS) is 18.5. The van der Waals surface area contributed by atoms with Crippen LogP contribution in [-0.2, 0) is 9.47 Å². The molecule has 1 N–H and O–H groups in total. The van der Waals surface area contributed by atoms with E-state index >= 15 is 0 Å². The van der Waals surface area contributed by atoms with Gasteiger partial charge in [0.15, 0.2) is 0 Å². The molecule has 0 radical (unpaired) electrons. The predicted octanol–water partition coefficient (Wildman–Crippen LogP) is 1.45. The van der Waals surface area contributed by atoms with Crippen LogP contribution in [0.5, 0.6) is 0 Å². The van der Waals surface area contributed by atoms with Gasteiger partial charge in [0.1, 0.15) is 18.0 Å². The summed E-state index contributed by atoms with van der Waals surface area (Å²) in [6.45, 7) is 3.01. The molecular formula is C10H12O5. The third-order valence-corrected chi connectivity index (χ3v) is 2.24. The fraction of sp³-hybridized carbons (Fsp3) is 0.500. The molecule has 1 unspecified atom stereocenters. The molecule has 15 heavy (non-hydrogen) atoms. The first-order valence-electron chi connectivity index (χ1n) is 4.73. The fourth-order valence-electron chi connectivity index (χ4n) is 1.33. The first kappa shape index (κ1) is 10.2. The van der Waals surface area contributed by atoms with Crippen molar-refractivity contribution in [3.05, 3.63) is 23.7 Å². The molecule has 2 heterocycles. The number of carboxylic acids is 1. The lowest BCUT2D eigenvalue weighted by molar-refractivity contribution is -0.155. The average molecular weight is 212 g/mol. The molecule has 0 spiro atoms. The number of furan rings is 1. The highest BCUT2D eigenvalue weighted by Crippen LogP contribution is 2.23. The first-order chi connectivity index (χ1) is 7.16. The van der Waals surface area contributed by atoms with Gasteiger partial charge in [0.25, 0.3) is 0 Å². The van der Waals surface area contributed by atoms with E-state index in [0.717, 1.165) is 0 Å². The Morgan fingerprint density at radius 1 is 1.60 bits per heavy atom. The summed E-state index contributed by atoms with van der Waals surface area (Å²) in [4.78, 5) is 10.6. The van der Waals surface area contributed by atoms with Gasteiger partial charge in [-0.2, -0.15) is 0 Å². The minimum absolute atomic E-state index is 0.0645. The van der Waals surface area contributed by atoms with Crippen molar-refractivity contribution in [3.8, 4) is 0 Å². The summed E-state index contributed by atoms with van der Waals surface area (Å²) < 4.78 is 15.6.